The summed E-state index contributed by atoms with van der Waals surface area (Å²) in [7, 11) is 1.81. The summed E-state index contributed by atoms with van der Waals surface area (Å²) in [5.74, 6) is 0.919. The fourth-order valence-corrected chi connectivity index (χ4v) is 4.48. The van der Waals surface area contributed by atoms with E-state index in [2.05, 4.69) is 21.2 Å². The Bertz CT molecular complexity index is 696. The van der Waals surface area contributed by atoms with Crippen LogP contribution in [0.3, 0.4) is 0 Å². The van der Waals surface area contributed by atoms with Gasteiger partial charge in [-0.2, -0.15) is 0 Å². The summed E-state index contributed by atoms with van der Waals surface area (Å²) in [6, 6.07) is 12.0. The first-order valence-electron chi connectivity index (χ1n) is 8.59. The Balaban J connectivity index is 1.44. The summed E-state index contributed by atoms with van der Waals surface area (Å²) in [6.45, 7) is 1.12. The lowest BCUT2D eigenvalue weighted by Gasteiger charge is -2.17. The lowest BCUT2D eigenvalue weighted by atomic mass is 10.2. The van der Waals surface area contributed by atoms with Gasteiger partial charge < -0.3 is 15.0 Å². The maximum Gasteiger partial charge on any atom is 0.317 e. The Labute approximate surface area is 161 Å². The molecule has 1 aromatic carbocycles. The number of rotatable bonds is 6. The van der Waals surface area contributed by atoms with E-state index in [9.17, 15) is 4.79 Å². The molecule has 0 unspecified atom stereocenters. The van der Waals surface area contributed by atoms with Crippen LogP contribution >= 0.6 is 27.3 Å². The summed E-state index contributed by atoms with van der Waals surface area (Å²) >= 11 is 5.09. The van der Waals surface area contributed by atoms with Crippen molar-refractivity contribution in [2.24, 2.45) is 0 Å². The number of carbonyl (C=O) groups is 1. The van der Waals surface area contributed by atoms with Crippen molar-refractivity contribution in [1.82, 2.24) is 10.2 Å². The smallest absolute Gasteiger partial charge is 0.317 e. The van der Waals surface area contributed by atoms with Crippen molar-refractivity contribution in [3.8, 4) is 5.75 Å². The molecule has 3 rings (SSSR count). The molecule has 0 aliphatic heterocycles. The molecule has 1 saturated carbocycles. The molecule has 25 heavy (non-hydrogen) atoms. The van der Waals surface area contributed by atoms with Crippen LogP contribution in [0.2, 0.25) is 0 Å². The number of carbonyl (C=O) groups excluding carboxylic acids is 1. The van der Waals surface area contributed by atoms with Crippen LogP contribution in [0.25, 0.3) is 0 Å². The van der Waals surface area contributed by atoms with Gasteiger partial charge in [0.2, 0.25) is 0 Å². The van der Waals surface area contributed by atoms with E-state index in [0.717, 1.165) is 32.8 Å². The molecule has 1 fully saturated rings. The van der Waals surface area contributed by atoms with Crippen molar-refractivity contribution < 1.29 is 9.53 Å². The molecule has 2 amide bonds. The number of thiophene rings is 1. The van der Waals surface area contributed by atoms with E-state index >= 15 is 0 Å². The Kier molecular flexibility index (Phi) is 6.37. The van der Waals surface area contributed by atoms with E-state index in [1.165, 1.54) is 12.8 Å². The Morgan fingerprint density at radius 2 is 1.96 bits per heavy atom. The number of nitrogens with zero attached hydrogens (tertiary/aromatic N) is 1. The van der Waals surface area contributed by atoms with Gasteiger partial charge in [0.15, 0.2) is 0 Å². The Morgan fingerprint density at radius 3 is 2.60 bits per heavy atom. The standard InChI is InChI=1S/C19H23BrN2O2S/c1-22(13-17-10-11-18(20)25-17)19(23)21-12-14-6-8-16(9-7-14)24-15-4-2-3-5-15/h6-11,15H,2-5,12-13H2,1H3,(H,21,23). The highest BCUT2D eigenvalue weighted by atomic mass is 79.9. The molecule has 0 radical (unpaired) electrons. The lowest BCUT2D eigenvalue weighted by Crippen LogP contribution is -2.36. The molecule has 1 N–H and O–H groups in total. The Hall–Kier alpha value is -1.53. The molecule has 1 aliphatic carbocycles. The number of nitrogens with one attached hydrogen (secondary N) is 1. The predicted octanol–water partition coefficient (Wildman–Crippen LogP) is 5.17. The van der Waals surface area contributed by atoms with Gasteiger partial charge in [0.05, 0.1) is 16.4 Å². The highest BCUT2D eigenvalue weighted by Gasteiger charge is 2.16. The van der Waals surface area contributed by atoms with E-state index in [0.29, 0.717) is 19.2 Å². The molecular weight excluding hydrogens is 400 g/mol. The van der Waals surface area contributed by atoms with Gasteiger partial charge in [-0.05, 0) is 71.4 Å². The topological polar surface area (TPSA) is 41.6 Å². The first-order valence-corrected chi connectivity index (χ1v) is 10.2. The fourth-order valence-electron chi connectivity index (χ4n) is 2.94. The number of urea groups is 1. The molecule has 4 nitrogen and oxygen atoms in total. The fraction of sp³-hybridized carbons (Fsp3) is 0.421. The number of ether oxygens (including phenoxy) is 1. The number of hydrogen-bond donors (Lipinski definition) is 1. The molecule has 0 atom stereocenters. The van der Waals surface area contributed by atoms with Crippen molar-refractivity contribution in [3.05, 3.63) is 50.6 Å². The van der Waals surface area contributed by atoms with Gasteiger partial charge in [0.25, 0.3) is 0 Å². The van der Waals surface area contributed by atoms with Crippen molar-refractivity contribution in [2.75, 3.05) is 7.05 Å². The molecule has 2 aromatic rings. The van der Waals surface area contributed by atoms with Gasteiger partial charge in [-0.15, -0.1) is 11.3 Å². The minimum absolute atomic E-state index is 0.0733. The second-order valence-corrected chi connectivity index (χ2v) is 8.94. The second kappa shape index (κ2) is 8.72. The van der Waals surface area contributed by atoms with Crippen molar-refractivity contribution in [2.45, 2.75) is 44.9 Å². The number of benzene rings is 1. The normalized spacial score (nSPS) is 14.5. The molecule has 1 aromatic heterocycles. The summed E-state index contributed by atoms with van der Waals surface area (Å²) in [6.07, 6.45) is 5.22. The summed E-state index contributed by atoms with van der Waals surface area (Å²) < 4.78 is 7.04. The van der Waals surface area contributed by atoms with Crippen LogP contribution in [0.4, 0.5) is 4.79 Å². The minimum atomic E-state index is -0.0733. The van der Waals surface area contributed by atoms with Crippen LogP contribution in [0.15, 0.2) is 40.2 Å². The summed E-state index contributed by atoms with van der Waals surface area (Å²) in [5, 5.41) is 2.96. The first-order chi connectivity index (χ1) is 12.1. The van der Waals surface area contributed by atoms with Crippen molar-refractivity contribution >= 4 is 33.3 Å². The third-order valence-electron chi connectivity index (χ3n) is 4.34. The summed E-state index contributed by atoms with van der Waals surface area (Å²) in [4.78, 5) is 15.0. The van der Waals surface area contributed by atoms with E-state index in [1.807, 2.05) is 43.4 Å². The molecule has 0 bridgehead atoms. The quantitative estimate of drug-likeness (QED) is 0.696. The number of hydrogen-bond acceptors (Lipinski definition) is 3. The molecule has 0 spiro atoms. The zero-order valence-electron chi connectivity index (χ0n) is 14.3. The molecule has 6 heteroatoms. The third kappa shape index (κ3) is 5.47. The average Bonchev–Trinajstić information content (AvgIpc) is 3.25. The number of halogens is 1. The highest BCUT2D eigenvalue weighted by Crippen LogP contribution is 2.24. The highest BCUT2D eigenvalue weighted by molar-refractivity contribution is 9.11. The van der Waals surface area contributed by atoms with E-state index in [4.69, 9.17) is 4.74 Å². The van der Waals surface area contributed by atoms with Crippen molar-refractivity contribution in [3.63, 3.8) is 0 Å². The number of amides is 2. The van der Waals surface area contributed by atoms with Crippen LogP contribution in [0, 0.1) is 0 Å². The SMILES string of the molecule is CN(Cc1ccc(Br)s1)C(=O)NCc1ccc(OC2CCCC2)cc1. The zero-order chi connectivity index (χ0) is 17.6. The summed E-state index contributed by atoms with van der Waals surface area (Å²) in [5.41, 5.74) is 1.07. The molecule has 1 heterocycles. The van der Waals surface area contributed by atoms with Crippen LogP contribution in [-0.2, 0) is 13.1 Å². The monoisotopic (exact) mass is 422 g/mol. The van der Waals surface area contributed by atoms with Crippen LogP contribution in [0.5, 0.6) is 5.75 Å². The van der Waals surface area contributed by atoms with Gasteiger partial charge in [-0.3, -0.25) is 0 Å². The van der Waals surface area contributed by atoms with Crippen molar-refractivity contribution in [1.29, 1.82) is 0 Å². The molecule has 1 aliphatic rings. The van der Waals surface area contributed by atoms with Gasteiger partial charge in [0, 0.05) is 18.5 Å². The molecule has 0 saturated heterocycles. The van der Waals surface area contributed by atoms with E-state index in [1.54, 1.807) is 16.2 Å². The van der Waals surface area contributed by atoms with Crippen LogP contribution in [-0.4, -0.2) is 24.1 Å². The predicted molar refractivity (Wildman–Crippen MR) is 105 cm³/mol. The minimum Gasteiger partial charge on any atom is -0.490 e. The average molecular weight is 423 g/mol. The third-order valence-corrected chi connectivity index (χ3v) is 5.95. The maximum absolute atomic E-state index is 12.2. The van der Waals surface area contributed by atoms with Gasteiger partial charge in [-0.1, -0.05) is 12.1 Å². The first kappa shape index (κ1) is 18.3. The zero-order valence-corrected chi connectivity index (χ0v) is 16.7. The lowest BCUT2D eigenvalue weighted by molar-refractivity contribution is 0.207. The van der Waals surface area contributed by atoms with Gasteiger partial charge in [-0.25, -0.2) is 4.79 Å². The van der Waals surface area contributed by atoms with Gasteiger partial charge in [0.1, 0.15) is 5.75 Å². The second-order valence-electron chi connectivity index (χ2n) is 6.39. The molecular formula is C19H23BrN2O2S. The van der Waals surface area contributed by atoms with Gasteiger partial charge >= 0.3 is 6.03 Å². The maximum atomic E-state index is 12.2. The largest absolute Gasteiger partial charge is 0.490 e. The van der Waals surface area contributed by atoms with E-state index in [-0.39, 0.29) is 6.03 Å². The van der Waals surface area contributed by atoms with Crippen LogP contribution < -0.4 is 10.1 Å². The molecule has 134 valence electrons. The van der Waals surface area contributed by atoms with E-state index < -0.39 is 0 Å². The van der Waals surface area contributed by atoms with Crippen LogP contribution in [0.1, 0.15) is 36.1 Å². The Morgan fingerprint density at radius 1 is 1.24 bits per heavy atom.